The normalized spacial score (nSPS) is 17.3. The Bertz CT molecular complexity index is 368. The third-order valence-corrected chi connectivity index (χ3v) is 3.18. The predicted molar refractivity (Wildman–Crippen MR) is 63.0 cm³/mol. The Labute approximate surface area is 90.9 Å². The van der Waals surface area contributed by atoms with E-state index in [1.54, 1.807) is 0 Å². The minimum Gasteiger partial charge on any atom is -0.199 e. The molecule has 0 N–H and O–H groups in total. The fraction of sp³-hybridized carbons (Fsp3) is 0.417. The van der Waals surface area contributed by atoms with E-state index in [0.29, 0.717) is 0 Å². The predicted octanol–water partition coefficient (Wildman–Crippen LogP) is 3.26. The molecule has 0 amide bonds. The van der Waals surface area contributed by atoms with Gasteiger partial charge in [0.15, 0.2) is 5.71 Å². The van der Waals surface area contributed by atoms with Gasteiger partial charge in [0.05, 0.1) is 4.90 Å². The van der Waals surface area contributed by atoms with E-state index >= 15 is 0 Å². The maximum Gasteiger partial charge on any atom is 0.218 e. The van der Waals surface area contributed by atoms with Gasteiger partial charge < -0.3 is 0 Å². The van der Waals surface area contributed by atoms with E-state index in [9.17, 15) is 0 Å². The van der Waals surface area contributed by atoms with Crippen molar-refractivity contribution in [3.8, 4) is 0 Å². The van der Waals surface area contributed by atoms with Gasteiger partial charge in [0.2, 0.25) is 5.69 Å². The van der Waals surface area contributed by atoms with Crippen LogP contribution in [0.5, 0.6) is 0 Å². The van der Waals surface area contributed by atoms with Crippen LogP contribution in [-0.4, -0.2) is 16.8 Å². The summed E-state index contributed by atoms with van der Waals surface area (Å²) in [5, 5.41) is 0. The highest BCUT2D eigenvalue weighted by Crippen LogP contribution is 2.24. The molecule has 1 aromatic carbocycles. The van der Waals surface area contributed by atoms with E-state index in [1.165, 1.54) is 30.7 Å². The summed E-state index contributed by atoms with van der Waals surface area (Å²) in [6.07, 6.45) is 3.85. The molecule has 0 aromatic heterocycles. The Balaban J connectivity index is 2.43. The molecule has 1 aliphatic rings. The molecule has 2 heteroatoms. The molecule has 0 spiro atoms. The molecule has 0 saturated carbocycles. The van der Waals surface area contributed by atoms with E-state index < -0.39 is 0 Å². The van der Waals surface area contributed by atoms with Crippen LogP contribution in [0.4, 0.5) is 5.69 Å². The molecular weight excluding hydrogens is 190 g/mol. The van der Waals surface area contributed by atoms with Crippen LogP contribution in [0.25, 0.3) is 0 Å². The fourth-order valence-electron chi connectivity index (χ4n) is 2.00. The summed E-state index contributed by atoms with van der Waals surface area (Å²) in [5.74, 6) is 0. The molecule has 1 aliphatic heterocycles. The summed E-state index contributed by atoms with van der Waals surface area (Å²) in [7, 11) is 0. The lowest BCUT2D eigenvalue weighted by Crippen LogP contribution is -2.20. The van der Waals surface area contributed by atoms with Gasteiger partial charge in [0, 0.05) is 25.8 Å². The van der Waals surface area contributed by atoms with Gasteiger partial charge in [0.25, 0.3) is 0 Å². The lowest BCUT2D eigenvalue weighted by atomic mass is 10.1. The summed E-state index contributed by atoms with van der Waals surface area (Å²) < 4.78 is 2.39. The monoisotopic (exact) mass is 206 g/mol. The lowest BCUT2D eigenvalue weighted by molar-refractivity contribution is -0.450. The zero-order valence-corrected chi connectivity index (χ0v) is 9.43. The number of nitrogens with zero attached hydrogens (tertiary/aromatic N) is 1. The molecule has 1 aromatic rings. The first-order valence-electron chi connectivity index (χ1n) is 5.17. The van der Waals surface area contributed by atoms with Crippen molar-refractivity contribution in [3.63, 3.8) is 0 Å². The fourth-order valence-corrected chi connectivity index (χ4v) is 2.28. The average molecular weight is 206 g/mol. The van der Waals surface area contributed by atoms with Crippen LogP contribution in [0, 0.1) is 0 Å². The molecule has 0 atom stereocenters. The molecule has 0 bridgehead atoms. The van der Waals surface area contributed by atoms with E-state index in [-0.39, 0.29) is 0 Å². The minimum absolute atomic E-state index is 1.08. The molecule has 0 fully saturated rings. The van der Waals surface area contributed by atoms with Crippen molar-refractivity contribution in [1.82, 2.24) is 0 Å². The van der Waals surface area contributed by atoms with Crippen LogP contribution in [0.2, 0.25) is 0 Å². The number of hydrogen-bond acceptors (Lipinski definition) is 1. The van der Waals surface area contributed by atoms with Crippen LogP contribution < -0.4 is 0 Å². The molecule has 2 rings (SSSR count). The Morgan fingerprint density at radius 1 is 1.21 bits per heavy atom. The van der Waals surface area contributed by atoms with Crippen LogP contribution in [-0.2, 0) is 0 Å². The number of para-hydroxylation sites is 1. The molecule has 0 radical (unpaired) electrons. The molecule has 1 nitrogen and oxygen atoms in total. The first kappa shape index (κ1) is 9.78. The molecule has 0 saturated heterocycles. The quantitative estimate of drug-likeness (QED) is 0.530. The highest BCUT2D eigenvalue weighted by Gasteiger charge is 2.19. The average Bonchev–Trinajstić information content (AvgIpc) is 2.20. The summed E-state index contributed by atoms with van der Waals surface area (Å²) in [6, 6.07) is 8.32. The van der Waals surface area contributed by atoms with E-state index in [1.807, 2.05) is 6.07 Å². The van der Waals surface area contributed by atoms with Gasteiger partial charge in [-0.25, -0.2) is 0 Å². The number of thiol groups is 1. The second-order valence-corrected chi connectivity index (χ2v) is 4.31. The third-order valence-electron chi connectivity index (χ3n) is 2.80. The van der Waals surface area contributed by atoms with E-state index in [4.69, 9.17) is 0 Å². The minimum atomic E-state index is 1.08. The summed E-state index contributed by atoms with van der Waals surface area (Å²) in [4.78, 5) is 1.08. The number of rotatable bonds is 1. The summed E-state index contributed by atoms with van der Waals surface area (Å²) >= 11 is 4.49. The highest BCUT2D eigenvalue weighted by molar-refractivity contribution is 7.80. The summed E-state index contributed by atoms with van der Waals surface area (Å²) in [6.45, 7) is 3.36. The van der Waals surface area contributed by atoms with Gasteiger partial charge in [-0.15, -0.1) is 12.6 Å². The van der Waals surface area contributed by atoms with E-state index in [2.05, 4.69) is 42.3 Å². The van der Waals surface area contributed by atoms with Gasteiger partial charge in [-0.3, -0.25) is 0 Å². The Morgan fingerprint density at radius 2 is 2.00 bits per heavy atom. The maximum atomic E-state index is 4.49. The third kappa shape index (κ3) is 1.85. The van der Waals surface area contributed by atoms with Crippen LogP contribution in [0.1, 0.15) is 26.2 Å². The summed E-state index contributed by atoms with van der Waals surface area (Å²) in [5.41, 5.74) is 2.73. The standard InChI is InChI=1S/C12H15NS/c1-10-6-4-5-9-13(10)11-7-2-3-8-12(11)14/h2-3,7-8H,4-6,9H2,1H3/p+1. The second kappa shape index (κ2) is 4.18. The van der Waals surface area contributed by atoms with Crippen molar-refractivity contribution in [2.75, 3.05) is 6.54 Å². The van der Waals surface area contributed by atoms with Gasteiger partial charge in [-0.05, 0) is 12.5 Å². The molecule has 0 unspecified atom stereocenters. The van der Waals surface area contributed by atoms with Crippen LogP contribution in [0.3, 0.4) is 0 Å². The van der Waals surface area contributed by atoms with Crippen molar-refractivity contribution in [1.29, 1.82) is 0 Å². The number of hydrogen-bond donors (Lipinski definition) is 1. The van der Waals surface area contributed by atoms with Crippen molar-refractivity contribution in [2.45, 2.75) is 31.1 Å². The molecule has 74 valence electrons. The Hall–Kier alpha value is -0.760. The van der Waals surface area contributed by atoms with Crippen LogP contribution >= 0.6 is 12.6 Å². The second-order valence-electron chi connectivity index (χ2n) is 3.83. The molecular formula is C12H16NS+. The van der Waals surface area contributed by atoms with Crippen molar-refractivity contribution in [2.24, 2.45) is 0 Å². The topological polar surface area (TPSA) is 3.01 Å². The lowest BCUT2D eigenvalue weighted by Gasteiger charge is -2.12. The SMILES string of the molecule is CC1=[N+](c2ccccc2S)CCCC1. The smallest absolute Gasteiger partial charge is 0.199 e. The molecule has 14 heavy (non-hydrogen) atoms. The first-order valence-corrected chi connectivity index (χ1v) is 5.62. The zero-order valence-electron chi connectivity index (χ0n) is 8.53. The Morgan fingerprint density at radius 3 is 2.71 bits per heavy atom. The zero-order chi connectivity index (χ0) is 9.97. The van der Waals surface area contributed by atoms with Crippen molar-refractivity contribution in [3.05, 3.63) is 24.3 Å². The maximum absolute atomic E-state index is 4.49. The van der Waals surface area contributed by atoms with E-state index in [0.717, 1.165) is 11.4 Å². The number of benzene rings is 1. The largest absolute Gasteiger partial charge is 0.218 e. The Kier molecular flexibility index (Phi) is 2.92. The van der Waals surface area contributed by atoms with Crippen molar-refractivity contribution < 1.29 is 4.58 Å². The van der Waals surface area contributed by atoms with Gasteiger partial charge >= 0.3 is 0 Å². The molecule has 1 heterocycles. The molecule has 0 aliphatic carbocycles. The van der Waals surface area contributed by atoms with Crippen LogP contribution in [0.15, 0.2) is 29.2 Å². The van der Waals surface area contributed by atoms with Gasteiger partial charge in [-0.1, -0.05) is 12.1 Å². The van der Waals surface area contributed by atoms with Gasteiger partial charge in [0.1, 0.15) is 6.54 Å². The van der Waals surface area contributed by atoms with Crippen molar-refractivity contribution >= 4 is 24.0 Å². The first-order chi connectivity index (χ1) is 6.79. The van der Waals surface area contributed by atoms with Gasteiger partial charge in [-0.2, -0.15) is 4.58 Å². The highest BCUT2D eigenvalue weighted by atomic mass is 32.1.